The monoisotopic (exact) mass is 274 g/mol. The van der Waals surface area contributed by atoms with Gasteiger partial charge in [0.05, 0.1) is 19.6 Å². The Hall–Kier alpha value is -1.14. The minimum atomic E-state index is -0.903. The van der Waals surface area contributed by atoms with Gasteiger partial charge in [0, 0.05) is 18.6 Å². The smallest absolute Gasteiger partial charge is 0.304 e. The molecule has 2 atom stereocenters. The third-order valence-corrected chi connectivity index (χ3v) is 3.18. The number of nitrogens with one attached hydrogen (secondary N) is 1. The highest BCUT2D eigenvalue weighted by molar-refractivity contribution is 5.78. The summed E-state index contributed by atoms with van der Waals surface area (Å²) in [4.78, 5) is 24.2. The Morgan fingerprint density at radius 1 is 1.26 bits per heavy atom. The van der Waals surface area contributed by atoms with E-state index in [0.717, 1.165) is 6.42 Å². The molecule has 0 aromatic carbocycles. The third kappa shape index (κ3) is 7.79. The molecule has 6 heteroatoms. The van der Waals surface area contributed by atoms with E-state index in [-0.39, 0.29) is 44.1 Å². The van der Waals surface area contributed by atoms with Crippen molar-refractivity contribution in [3.63, 3.8) is 0 Å². The topological polar surface area (TPSA) is 89.9 Å². The molecule has 0 aliphatic carbocycles. The van der Waals surface area contributed by atoms with Gasteiger partial charge in [-0.1, -0.05) is 13.8 Å². The van der Waals surface area contributed by atoms with Crippen molar-refractivity contribution in [3.05, 3.63) is 0 Å². The maximum atomic E-state index is 11.8. The third-order valence-electron chi connectivity index (χ3n) is 3.18. The predicted molar refractivity (Wildman–Crippen MR) is 72.9 cm³/mol. The van der Waals surface area contributed by atoms with Crippen molar-refractivity contribution in [1.82, 2.24) is 10.2 Å². The van der Waals surface area contributed by atoms with Gasteiger partial charge in [-0.05, 0) is 19.8 Å². The second-order valence-corrected chi connectivity index (χ2v) is 4.74. The zero-order valence-electron chi connectivity index (χ0n) is 12.1. The standard InChI is InChI=1S/C13H26N2O4/c1-4-10(3)14-12(17)8-15(7-6-13(18)19)11(5-2)9-16/h10-11,16H,4-9H2,1-3H3,(H,14,17)(H,18,19). The van der Waals surface area contributed by atoms with Crippen LogP contribution in [0.5, 0.6) is 0 Å². The van der Waals surface area contributed by atoms with E-state index in [0.29, 0.717) is 6.42 Å². The van der Waals surface area contributed by atoms with Crippen molar-refractivity contribution in [2.45, 2.75) is 52.1 Å². The number of hydrogen-bond acceptors (Lipinski definition) is 4. The molecule has 0 aromatic rings. The lowest BCUT2D eigenvalue weighted by atomic mass is 10.2. The minimum absolute atomic E-state index is 0.0346. The lowest BCUT2D eigenvalue weighted by Gasteiger charge is -2.29. The van der Waals surface area contributed by atoms with Crippen molar-refractivity contribution in [3.8, 4) is 0 Å². The molecule has 3 N–H and O–H groups in total. The van der Waals surface area contributed by atoms with E-state index < -0.39 is 5.97 Å². The van der Waals surface area contributed by atoms with Crippen molar-refractivity contribution < 1.29 is 19.8 Å². The fourth-order valence-corrected chi connectivity index (χ4v) is 1.74. The van der Waals surface area contributed by atoms with Crippen LogP contribution in [0.2, 0.25) is 0 Å². The molecular formula is C13H26N2O4. The fraction of sp³-hybridized carbons (Fsp3) is 0.846. The second kappa shape index (κ2) is 9.75. The van der Waals surface area contributed by atoms with Crippen molar-refractivity contribution in [2.75, 3.05) is 19.7 Å². The number of rotatable bonds is 10. The van der Waals surface area contributed by atoms with Gasteiger partial charge in [0.1, 0.15) is 0 Å². The summed E-state index contributed by atoms with van der Waals surface area (Å²) in [7, 11) is 0. The molecule has 0 aromatic heterocycles. The molecule has 19 heavy (non-hydrogen) atoms. The quantitative estimate of drug-likeness (QED) is 0.538. The summed E-state index contributed by atoms with van der Waals surface area (Å²) in [5.74, 6) is -1.04. The van der Waals surface area contributed by atoms with Crippen LogP contribution in [0.4, 0.5) is 0 Å². The van der Waals surface area contributed by atoms with Crippen LogP contribution < -0.4 is 5.32 Å². The van der Waals surface area contributed by atoms with Crippen LogP contribution >= 0.6 is 0 Å². The molecule has 0 fully saturated rings. The Kier molecular flexibility index (Phi) is 9.16. The first-order valence-electron chi connectivity index (χ1n) is 6.80. The van der Waals surface area contributed by atoms with Gasteiger partial charge in [-0.3, -0.25) is 14.5 Å². The van der Waals surface area contributed by atoms with Crippen LogP contribution in [0.3, 0.4) is 0 Å². The van der Waals surface area contributed by atoms with Gasteiger partial charge in [0.2, 0.25) is 5.91 Å². The molecule has 1 amide bonds. The molecular weight excluding hydrogens is 248 g/mol. The van der Waals surface area contributed by atoms with E-state index in [2.05, 4.69) is 5.32 Å². The first-order chi connectivity index (χ1) is 8.94. The van der Waals surface area contributed by atoms with Crippen LogP contribution in [0, 0.1) is 0 Å². The number of hydrogen-bond donors (Lipinski definition) is 3. The molecule has 0 bridgehead atoms. The summed E-state index contributed by atoms with van der Waals surface area (Å²) >= 11 is 0. The normalized spacial score (nSPS) is 14.2. The Morgan fingerprint density at radius 2 is 1.89 bits per heavy atom. The first kappa shape index (κ1) is 17.9. The van der Waals surface area contributed by atoms with Gasteiger partial charge in [-0.2, -0.15) is 0 Å². The maximum Gasteiger partial charge on any atom is 0.304 e. The molecule has 0 saturated carbocycles. The molecule has 112 valence electrons. The van der Waals surface area contributed by atoms with Gasteiger partial charge in [-0.25, -0.2) is 0 Å². The maximum absolute atomic E-state index is 11.8. The van der Waals surface area contributed by atoms with Crippen LogP contribution in [0.15, 0.2) is 0 Å². The van der Waals surface area contributed by atoms with Gasteiger partial charge < -0.3 is 15.5 Å². The summed E-state index contributed by atoms with van der Waals surface area (Å²) in [5.41, 5.74) is 0. The second-order valence-electron chi connectivity index (χ2n) is 4.74. The molecule has 0 spiro atoms. The first-order valence-corrected chi connectivity index (χ1v) is 6.80. The van der Waals surface area contributed by atoms with Crippen molar-refractivity contribution >= 4 is 11.9 Å². The number of carbonyl (C=O) groups excluding carboxylic acids is 1. The van der Waals surface area contributed by atoms with E-state index in [1.54, 1.807) is 4.90 Å². The Bertz CT molecular complexity index is 280. The predicted octanol–water partition coefficient (Wildman–Crippen LogP) is 0.449. The summed E-state index contributed by atoms with van der Waals surface area (Å²) in [5, 5.41) is 20.8. The zero-order valence-corrected chi connectivity index (χ0v) is 12.1. The van der Waals surface area contributed by atoms with Gasteiger partial charge in [0.25, 0.3) is 0 Å². The Labute approximate surface area is 114 Å². The van der Waals surface area contributed by atoms with E-state index in [1.165, 1.54) is 0 Å². The number of carboxylic acid groups (broad SMARTS) is 1. The molecule has 0 heterocycles. The highest BCUT2D eigenvalue weighted by Crippen LogP contribution is 2.05. The van der Waals surface area contributed by atoms with Crippen LogP contribution in [-0.2, 0) is 9.59 Å². The van der Waals surface area contributed by atoms with E-state index >= 15 is 0 Å². The number of amides is 1. The van der Waals surface area contributed by atoms with Gasteiger partial charge in [0.15, 0.2) is 0 Å². The highest BCUT2D eigenvalue weighted by Gasteiger charge is 2.20. The van der Waals surface area contributed by atoms with E-state index in [4.69, 9.17) is 5.11 Å². The molecule has 0 rings (SSSR count). The minimum Gasteiger partial charge on any atom is -0.481 e. The molecule has 0 radical (unpaired) electrons. The largest absolute Gasteiger partial charge is 0.481 e. The molecule has 0 aliphatic heterocycles. The zero-order chi connectivity index (χ0) is 14.8. The summed E-state index contributed by atoms with van der Waals surface area (Å²) in [6.45, 7) is 6.12. The van der Waals surface area contributed by atoms with Crippen molar-refractivity contribution in [1.29, 1.82) is 0 Å². The molecule has 2 unspecified atom stereocenters. The molecule has 0 aliphatic rings. The van der Waals surface area contributed by atoms with E-state index in [9.17, 15) is 14.7 Å². The summed E-state index contributed by atoms with van der Waals surface area (Å²) < 4.78 is 0. The van der Waals surface area contributed by atoms with Crippen LogP contribution in [-0.4, -0.2) is 58.8 Å². The van der Waals surface area contributed by atoms with Crippen LogP contribution in [0.1, 0.15) is 40.0 Å². The Morgan fingerprint density at radius 3 is 2.32 bits per heavy atom. The van der Waals surface area contributed by atoms with Crippen molar-refractivity contribution in [2.24, 2.45) is 0 Å². The number of aliphatic carboxylic acids is 1. The average Bonchev–Trinajstić information content (AvgIpc) is 2.36. The number of nitrogens with zero attached hydrogens (tertiary/aromatic N) is 1. The summed E-state index contributed by atoms with van der Waals surface area (Å²) in [6, 6.07) is -0.0786. The van der Waals surface area contributed by atoms with Gasteiger partial charge >= 0.3 is 5.97 Å². The number of aliphatic hydroxyl groups is 1. The molecule has 0 saturated heterocycles. The number of carboxylic acids is 1. The van der Waals surface area contributed by atoms with Gasteiger partial charge in [-0.15, -0.1) is 0 Å². The average molecular weight is 274 g/mol. The molecule has 6 nitrogen and oxygen atoms in total. The van der Waals surface area contributed by atoms with Crippen LogP contribution in [0.25, 0.3) is 0 Å². The Balaban J connectivity index is 4.47. The number of carbonyl (C=O) groups is 2. The lowest BCUT2D eigenvalue weighted by molar-refractivity contribution is -0.138. The lowest BCUT2D eigenvalue weighted by Crippen LogP contribution is -2.46. The van der Waals surface area contributed by atoms with E-state index in [1.807, 2.05) is 20.8 Å². The number of aliphatic hydroxyl groups excluding tert-OH is 1. The summed E-state index contributed by atoms with van der Waals surface area (Å²) in [6.07, 6.45) is 1.48. The highest BCUT2D eigenvalue weighted by atomic mass is 16.4. The fourth-order valence-electron chi connectivity index (χ4n) is 1.74. The SMILES string of the molecule is CCC(C)NC(=O)CN(CCC(=O)O)C(CC)CO.